The highest BCUT2D eigenvalue weighted by Crippen LogP contribution is 2.29. The molecular weight excluding hydrogens is 566 g/mol. The quantitative estimate of drug-likeness (QED) is 0.339. The summed E-state index contributed by atoms with van der Waals surface area (Å²) in [7, 11) is -0.651. The summed E-state index contributed by atoms with van der Waals surface area (Å²) in [4.78, 5) is 26.3. The van der Waals surface area contributed by atoms with Gasteiger partial charge in [-0.2, -0.15) is 4.31 Å². The van der Waals surface area contributed by atoms with Crippen molar-refractivity contribution in [3.63, 3.8) is 0 Å². The lowest BCUT2D eigenvalue weighted by Gasteiger charge is -2.29. The van der Waals surface area contributed by atoms with Crippen molar-refractivity contribution in [3.05, 3.63) is 82.4 Å². The Morgan fingerprint density at radius 1 is 0.927 bits per heavy atom. The largest absolute Gasteiger partial charge is 0.493 e. The fourth-order valence-corrected chi connectivity index (χ4v) is 6.34. The molecule has 218 valence electrons. The van der Waals surface area contributed by atoms with Gasteiger partial charge in [-0.3, -0.25) is 9.59 Å². The van der Waals surface area contributed by atoms with Crippen molar-refractivity contribution in [2.45, 2.75) is 31.1 Å². The monoisotopic (exact) mass is 599 g/mol. The Morgan fingerprint density at radius 2 is 1.63 bits per heavy atom. The standard InChI is InChI=1S/C30H34ClN3O6S/c1-20-13-16-34(17-14-20)41(37,38)22-9-10-25(31)24(19-22)30(36)33-26-7-5-4-6-23(26)29(35)32-15-12-21-8-11-27(39-2)28(18-21)40-3/h4-11,18-20H,12-17H2,1-3H3,(H,32,35)(H,33,36). The molecule has 3 aromatic rings. The zero-order valence-corrected chi connectivity index (χ0v) is 24.8. The molecule has 41 heavy (non-hydrogen) atoms. The fraction of sp³-hybridized carbons (Fsp3) is 0.333. The summed E-state index contributed by atoms with van der Waals surface area (Å²) in [6.45, 7) is 3.31. The number of benzene rings is 3. The van der Waals surface area contributed by atoms with Crippen LogP contribution in [0.3, 0.4) is 0 Å². The first-order valence-corrected chi connectivity index (χ1v) is 15.1. The highest BCUT2D eigenvalue weighted by atomic mass is 35.5. The van der Waals surface area contributed by atoms with Gasteiger partial charge in [0.15, 0.2) is 11.5 Å². The minimum Gasteiger partial charge on any atom is -0.493 e. The lowest BCUT2D eigenvalue weighted by molar-refractivity contribution is 0.0955. The van der Waals surface area contributed by atoms with E-state index in [1.54, 1.807) is 44.6 Å². The van der Waals surface area contributed by atoms with Gasteiger partial charge in [0, 0.05) is 19.6 Å². The van der Waals surface area contributed by atoms with Gasteiger partial charge in [-0.1, -0.05) is 36.7 Å². The van der Waals surface area contributed by atoms with Gasteiger partial charge < -0.3 is 20.1 Å². The number of sulfonamides is 1. The van der Waals surface area contributed by atoms with Crippen molar-refractivity contribution in [1.29, 1.82) is 0 Å². The maximum Gasteiger partial charge on any atom is 0.257 e. The van der Waals surface area contributed by atoms with Crippen LogP contribution in [0.1, 0.15) is 46.0 Å². The smallest absolute Gasteiger partial charge is 0.257 e. The number of nitrogens with one attached hydrogen (secondary N) is 2. The van der Waals surface area contributed by atoms with E-state index in [1.165, 1.54) is 22.5 Å². The average molecular weight is 600 g/mol. The van der Waals surface area contributed by atoms with Gasteiger partial charge in [-0.05, 0) is 73.2 Å². The van der Waals surface area contributed by atoms with Crippen LogP contribution in [0.25, 0.3) is 0 Å². The molecule has 1 aliphatic heterocycles. The SMILES string of the molecule is COc1ccc(CCNC(=O)c2ccccc2NC(=O)c2cc(S(=O)(=O)N3CCC(C)CC3)ccc2Cl)cc1OC. The molecule has 2 amide bonds. The molecule has 1 saturated heterocycles. The van der Waals surface area contributed by atoms with Gasteiger partial charge in [0.25, 0.3) is 11.8 Å². The molecule has 1 heterocycles. The van der Waals surface area contributed by atoms with Crippen LogP contribution in [0.15, 0.2) is 65.6 Å². The summed E-state index contributed by atoms with van der Waals surface area (Å²) in [6.07, 6.45) is 2.12. The van der Waals surface area contributed by atoms with Crippen LogP contribution in [0.2, 0.25) is 5.02 Å². The summed E-state index contributed by atoms with van der Waals surface area (Å²) in [5.74, 6) is 0.698. The summed E-state index contributed by atoms with van der Waals surface area (Å²) < 4.78 is 38.5. The lowest BCUT2D eigenvalue weighted by Crippen LogP contribution is -2.37. The van der Waals surface area contributed by atoms with Crippen LogP contribution in [-0.4, -0.2) is 58.4 Å². The third kappa shape index (κ3) is 7.19. The van der Waals surface area contributed by atoms with Gasteiger partial charge in [-0.25, -0.2) is 8.42 Å². The van der Waals surface area contributed by atoms with Crippen molar-refractivity contribution >= 4 is 39.1 Å². The summed E-state index contributed by atoms with van der Waals surface area (Å²) in [5, 5.41) is 5.70. The number of piperidine rings is 1. The number of nitrogens with zero attached hydrogens (tertiary/aromatic N) is 1. The van der Waals surface area contributed by atoms with Crippen molar-refractivity contribution in [3.8, 4) is 11.5 Å². The van der Waals surface area contributed by atoms with E-state index in [1.807, 2.05) is 12.1 Å². The van der Waals surface area contributed by atoms with Crippen LogP contribution in [-0.2, 0) is 16.4 Å². The molecule has 0 aliphatic carbocycles. The number of halogens is 1. The van der Waals surface area contributed by atoms with Crippen molar-refractivity contribution in [2.24, 2.45) is 5.92 Å². The molecule has 0 aromatic heterocycles. The van der Waals surface area contributed by atoms with E-state index in [4.69, 9.17) is 21.1 Å². The Labute approximate surface area is 245 Å². The van der Waals surface area contributed by atoms with Crippen molar-refractivity contribution in [2.75, 3.05) is 39.2 Å². The molecule has 0 spiro atoms. The predicted octanol–water partition coefficient (Wildman–Crippen LogP) is 5.00. The third-order valence-corrected chi connectivity index (χ3v) is 9.35. The Bertz CT molecular complexity index is 1520. The molecule has 11 heteroatoms. The first-order valence-electron chi connectivity index (χ1n) is 13.3. The Balaban J connectivity index is 1.45. The van der Waals surface area contributed by atoms with Crippen LogP contribution in [0.4, 0.5) is 5.69 Å². The number of para-hydroxylation sites is 1. The predicted molar refractivity (Wildman–Crippen MR) is 159 cm³/mol. The molecule has 0 bridgehead atoms. The second-order valence-corrected chi connectivity index (χ2v) is 12.3. The second-order valence-electron chi connectivity index (χ2n) is 9.92. The average Bonchev–Trinajstić information content (AvgIpc) is 2.97. The molecule has 0 saturated carbocycles. The molecule has 1 aliphatic rings. The maximum absolute atomic E-state index is 13.3. The van der Waals surface area contributed by atoms with Gasteiger partial charge in [-0.15, -0.1) is 0 Å². The van der Waals surface area contributed by atoms with Gasteiger partial charge in [0.2, 0.25) is 10.0 Å². The van der Waals surface area contributed by atoms with Crippen LogP contribution < -0.4 is 20.1 Å². The normalized spacial score (nSPS) is 14.3. The Hall–Kier alpha value is -3.60. The topological polar surface area (TPSA) is 114 Å². The summed E-state index contributed by atoms with van der Waals surface area (Å²) >= 11 is 6.32. The van der Waals surface area contributed by atoms with E-state index in [9.17, 15) is 18.0 Å². The molecule has 2 N–H and O–H groups in total. The number of carbonyl (C=O) groups excluding carboxylic acids is 2. The molecule has 4 rings (SSSR count). The third-order valence-electron chi connectivity index (χ3n) is 7.13. The lowest BCUT2D eigenvalue weighted by atomic mass is 10.0. The molecule has 3 aromatic carbocycles. The van der Waals surface area contributed by atoms with Crippen molar-refractivity contribution < 1.29 is 27.5 Å². The second kappa shape index (κ2) is 13.4. The number of ether oxygens (including phenoxy) is 2. The summed E-state index contributed by atoms with van der Waals surface area (Å²) in [6, 6.07) is 16.2. The molecular formula is C30H34ClN3O6S. The minimum atomic E-state index is -3.78. The minimum absolute atomic E-state index is 0.00165. The maximum atomic E-state index is 13.3. The van der Waals surface area contributed by atoms with E-state index >= 15 is 0 Å². The molecule has 0 unspecified atom stereocenters. The Morgan fingerprint density at radius 3 is 2.34 bits per heavy atom. The molecule has 9 nitrogen and oxygen atoms in total. The van der Waals surface area contributed by atoms with E-state index in [-0.39, 0.29) is 32.6 Å². The van der Waals surface area contributed by atoms with Gasteiger partial charge in [0.05, 0.1) is 41.0 Å². The van der Waals surface area contributed by atoms with E-state index in [0.29, 0.717) is 43.5 Å². The van der Waals surface area contributed by atoms with Crippen LogP contribution >= 0.6 is 11.6 Å². The number of methoxy groups -OCH3 is 2. The van der Waals surface area contributed by atoms with Gasteiger partial charge in [0.1, 0.15) is 0 Å². The van der Waals surface area contributed by atoms with E-state index < -0.39 is 15.9 Å². The number of hydrogen-bond acceptors (Lipinski definition) is 6. The molecule has 1 fully saturated rings. The highest BCUT2D eigenvalue weighted by Gasteiger charge is 2.29. The number of anilines is 1. The first kappa shape index (κ1) is 30.4. The van der Waals surface area contributed by atoms with Gasteiger partial charge >= 0.3 is 0 Å². The number of hydrogen-bond donors (Lipinski definition) is 2. The zero-order valence-electron chi connectivity index (χ0n) is 23.3. The zero-order chi connectivity index (χ0) is 29.6. The fourth-order valence-electron chi connectivity index (χ4n) is 4.64. The summed E-state index contributed by atoms with van der Waals surface area (Å²) in [5.41, 5.74) is 1.49. The number of carbonyl (C=O) groups is 2. The van der Waals surface area contributed by atoms with E-state index in [0.717, 1.165) is 18.4 Å². The molecule has 0 radical (unpaired) electrons. The molecule has 0 atom stereocenters. The van der Waals surface area contributed by atoms with E-state index in [2.05, 4.69) is 17.6 Å². The first-order chi connectivity index (χ1) is 19.6. The number of rotatable bonds is 10. The highest BCUT2D eigenvalue weighted by molar-refractivity contribution is 7.89. The Kier molecular flexibility index (Phi) is 9.90. The van der Waals surface area contributed by atoms with Crippen molar-refractivity contribution in [1.82, 2.24) is 9.62 Å². The van der Waals surface area contributed by atoms with Crippen LogP contribution in [0.5, 0.6) is 11.5 Å². The van der Waals surface area contributed by atoms with Crippen LogP contribution in [0, 0.1) is 5.92 Å². The number of amides is 2.